The van der Waals surface area contributed by atoms with E-state index in [2.05, 4.69) is 52.8 Å². The van der Waals surface area contributed by atoms with E-state index in [0.717, 1.165) is 57.2 Å². The summed E-state index contributed by atoms with van der Waals surface area (Å²) >= 11 is 0. The van der Waals surface area contributed by atoms with E-state index in [1.165, 1.54) is 5.56 Å². The summed E-state index contributed by atoms with van der Waals surface area (Å²) in [7, 11) is 1.65. The number of nitrogens with zero attached hydrogens (tertiary/aromatic N) is 2. The molecular weight excluding hydrogens is 498 g/mol. The monoisotopic (exact) mass is 537 g/mol. The van der Waals surface area contributed by atoms with Gasteiger partial charge in [0.25, 0.3) is 0 Å². The van der Waals surface area contributed by atoms with Crippen LogP contribution >= 0.6 is 0 Å². The summed E-state index contributed by atoms with van der Waals surface area (Å²) in [5.74, 6) is 0.778. The number of ether oxygens (including phenoxy) is 2. The van der Waals surface area contributed by atoms with E-state index >= 15 is 0 Å². The highest BCUT2D eigenvalue weighted by Crippen LogP contribution is 2.31. The third-order valence-corrected chi connectivity index (χ3v) is 6.60. The van der Waals surface area contributed by atoms with E-state index in [1.807, 2.05) is 71.9 Å². The Morgan fingerprint density at radius 1 is 0.925 bits per heavy atom. The van der Waals surface area contributed by atoms with Gasteiger partial charge in [-0.25, -0.2) is 4.79 Å². The Hall–Kier alpha value is -4.32. The van der Waals surface area contributed by atoms with Crippen LogP contribution in [0.25, 0.3) is 11.1 Å². The molecule has 4 rings (SSSR count). The highest BCUT2D eigenvalue weighted by molar-refractivity contribution is 5.89. The predicted octanol–water partition coefficient (Wildman–Crippen LogP) is 8.24. The minimum atomic E-state index is -0.641. The van der Waals surface area contributed by atoms with Crippen molar-refractivity contribution >= 4 is 17.5 Å². The number of aryl methyl sites for hydroxylation is 2. The molecule has 208 valence electrons. The van der Waals surface area contributed by atoms with Crippen LogP contribution in [0.15, 0.2) is 79.0 Å². The van der Waals surface area contributed by atoms with Gasteiger partial charge in [0.1, 0.15) is 11.4 Å². The molecule has 0 spiro atoms. The van der Waals surface area contributed by atoms with Gasteiger partial charge in [0.2, 0.25) is 0 Å². The van der Waals surface area contributed by atoms with E-state index in [1.54, 1.807) is 18.2 Å². The first-order valence-electron chi connectivity index (χ1n) is 13.5. The molecular formula is C34H39N3O3. The standard InChI is InChI=1S/C34H39N3O3/c1-23-17-28(27-13-15-29(16-14-27)35-21-26-11-9-8-10-12-26)19-30(18-23)37(33(38)40-34(4,5)6)22-31-25(3)32(39-7)24(2)20-36-31/h8-20,35H,21-22H2,1-7H3. The lowest BCUT2D eigenvalue weighted by molar-refractivity contribution is 0.0577. The molecule has 3 aromatic carbocycles. The zero-order valence-electron chi connectivity index (χ0n) is 24.5. The Kier molecular flexibility index (Phi) is 8.78. The van der Waals surface area contributed by atoms with Crippen LogP contribution in [-0.4, -0.2) is 23.8 Å². The lowest BCUT2D eigenvalue weighted by atomic mass is 10.0. The smallest absolute Gasteiger partial charge is 0.415 e. The number of nitrogens with one attached hydrogen (secondary N) is 1. The quantitative estimate of drug-likeness (QED) is 0.245. The van der Waals surface area contributed by atoms with Gasteiger partial charge in [-0.1, -0.05) is 48.5 Å². The van der Waals surface area contributed by atoms with Crippen LogP contribution in [0.3, 0.4) is 0 Å². The van der Waals surface area contributed by atoms with E-state index in [-0.39, 0.29) is 6.54 Å². The minimum Gasteiger partial charge on any atom is -0.496 e. The number of carbonyl (C=O) groups excluding carboxylic acids is 1. The van der Waals surface area contributed by atoms with Crippen LogP contribution in [0, 0.1) is 20.8 Å². The van der Waals surface area contributed by atoms with Crippen LogP contribution in [0.5, 0.6) is 5.75 Å². The minimum absolute atomic E-state index is 0.253. The van der Waals surface area contributed by atoms with Crippen molar-refractivity contribution in [1.82, 2.24) is 4.98 Å². The van der Waals surface area contributed by atoms with Gasteiger partial charge in [-0.3, -0.25) is 9.88 Å². The molecule has 0 fully saturated rings. The maximum atomic E-state index is 13.5. The third kappa shape index (κ3) is 7.20. The van der Waals surface area contributed by atoms with Gasteiger partial charge in [-0.2, -0.15) is 0 Å². The van der Waals surface area contributed by atoms with Crippen LogP contribution < -0.4 is 15.0 Å². The van der Waals surface area contributed by atoms with Gasteiger partial charge in [0, 0.05) is 35.2 Å². The molecule has 1 heterocycles. The molecule has 0 unspecified atom stereocenters. The van der Waals surface area contributed by atoms with Crippen molar-refractivity contribution in [2.24, 2.45) is 0 Å². The second-order valence-electron chi connectivity index (χ2n) is 11.1. The molecule has 0 aliphatic heterocycles. The molecule has 4 aromatic rings. The molecule has 0 aliphatic carbocycles. The van der Waals surface area contributed by atoms with Crippen molar-refractivity contribution in [1.29, 1.82) is 0 Å². The fourth-order valence-corrected chi connectivity index (χ4v) is 4.62. The van der Waals surface area contributed by atoms with E-state index in [4.69, 9.17) is 9.47 Å². The van der Waals surface area contributed by atoms with Gasteiger partial charge < -0.3 is 14.8 Å². The average Bonchev–Trinajstić information content (AvgIpc) is 2.91. The number of carbonyl (C=O) groups is 1. The number of amides is 1. The van der Waals surface area contributed by atoms with Crippen molar-refractivity contribution in [3.63, 3.8) is 0 Å². The highest BCUT2D eigenvalue weighted by atomic mass is 16.6. The summed E-state index contributed by atoms with van der Waals surface area (Å²) in [4.78, 5) is 19.8. The number of anilines is 2. The molecule has 0 saturated heterocycles. The fourth-order valence-electron chi connectivity index (χ4n) is 4.62. The topological polar surface area (TPSA) is 63.7 Å². The first-order chi connectivity index (χ1) is 19.0. The Morgan fingerprint density at radius 2 is 1.62 bits per heavy atom. The van der Waals surface area contributed by atoms with E-state index < -0.39 is 11.7 Å². The molecule has 1 aromatic heterocycles. The summed E-state index contributed by atoms with van der Waals surface area (Å²) in [6.45, 7) is 12.6. The molecule has 0 bridgehead atoms. The largest absolute Gasteiger partial charge is 0.496 e. The van der Waals surface area contributed by atoms with Crippen LogP contribution in [0.2, 0.25) is 0 Å². The Labute approximate surface area is 238 Å². The summed E-state index contributed by atoms with van der Waals surface area (Å²) in [6.07, 6.45) is 1.36. The molecule has 0 saturated carbocycles. The number of hydrogen-bond donors (Lipinski definition) is 1. The van der Waals surface area contributed by atoms with Gasteiger partial charge in [-0.05, 0) is 88.1 Å². The zero-order chi connectivity index (χ0) is 28.9. The second-order valence-corrected chi connectivity index (χ2v) is 11.1. The third-order valence-electron chi connectivity index (χ3n) is 6.60. The highest BCUT2D eigenvalue weighted by Gasteiger charge is 2.26. The predicted molar refractivity (Wildman–Crippen MR) is 163 cm³/mol. The molecule has 1 amide bonds. The summed E-state index contributed by atoms with van der Waals surface area (Å²) in [5.41, 5.74) is 8.11. The van der Waals surface area contributed by atoms with Gasteiger partial charge in [-0.15, -0.1) is 0 Å². The Bertz CT molecular complexity index is 1460. The number of aromatic nitrogens is 1. The van der Waals surface area contributed by atoms with Crippen LogP contribution in [-0.2, 0) is 17.8 Å². The summed E-state index contributed by atoms with van der Waals surface area (Å²) in [5, 5.41) is 3.48. The number of methoxy groups -OCH3 is 1. The number of benzene rings is 3. The van der Waals surface area contributed by atoms with E-state index in [9.17, 15) is 4.79 Å². The van der Waals surface area contributed by atoms with Crippen molar-refractivity contribution in [2.45, 2.75) is 60.2 Å². The maximum Gasteiger partial charge on any atom is 0.415 e. The number of rotatable bonds is 8. The van der Waals surface area contributed by atoms with E-state index in [0.29, 0.717) is 0 Å². The molecule has 40 heavy (non-hydrogen) atoms. The SMILES string of the molecule is COc1c(C)cnc(CN(C(=O)OC(C)(C)C)c2cc(C)cc(-c3ccc(NCc4ccccc4)cc3)c2)c1C. The molecule has 1 N–H and O–H groups in total. The Morgan fingerprint density at radius 3 is 2.27 bits per heavy atom. The van der Waals surface area contributed by atoms with Gasteiger partial charge in [0.05, 0.1) is 19.3 Å². The first kappa shape index (κ1) is 28.7. The van der Waals surface area contributed by atoms with Crippen molar-refractivity contribution < 1.29 is 14.3 Å². The molecule has 0 radical (unpaired) electrons. The summed E-state index contributed by atoms with van der Waals surface area (Å²) in [6, 6.07) is 24.8. The van der Waals surface area contributed by atoms with Gasteiger partial charge in [0.15, 0.2) is 0 Å². The second kappa shape index (κ2) is 12.2. The van der Waals surface area contributed by atoms with Crippen molar-refractivity contribution in [3.8, 4) is 16.9 Å². The van der Waals surface area contributed by atoms with Crippen molar-refractivity contribution in [3.05, 3.63) is 107 Å². The maximum absolute atomic E-state index is 13.5. The molecule has 6 heteroatoms. The van der Waals surface area contributed by atoms with Gasteiger partial charge >= 0.3 is 6.09 Å². The lowest BCUT2D eigenvalue weighted by Crippen LogP contribution is -2.37. The fraction of sp³-hybridized carbons (Fsp3) is 0.294. The lowest BCUT2D eigenvalue weighted by Gasteiger charge is -2.28. The summed E-state index contributed by atoms with van der Waals surface area (Å²) < 4.78 is 11.4. The molecule has 0 aliphatic rings. The zero-order valence-corrected chi connectivity index (χ0v) is 24.5. The number of pyridine rings is 1. The number of hydrogen-bond acceptors (Lipinski definition) is 5. The van der Waals surface area contributed by atoms with Crippen LogP contribution in [0.1, 0.15) is 48.7 Å². The molecule has 0 atom stereocenters. The Balaban J connectivity index is 1.64. The molecule has 6 nitrogen and oxygen atoms in total. The average molecular weight is 538 g/mol. The van der Waals surface area contributed by atoms with Crippen LogP contribution in [0.4, 0.5) is 16.2 Å². The first-order valence-corrected chi connectivity index (χ1v) is 13.5. The van der Waals surface area contributed by atoms with Crippen molar-refractivity contribution in [2.75, 3.05) is 17.3 Å². The normalized spacial score (nSPS) is 11.2.